The van der Waals surface area contributed by atoms with Crippen LogP contribution in [0.4, 0.5) is 4.79 Å². The highest BCUT2D eigenvalue weighted by Crippen LogP contribution is 2.55. The molecule has 4 nitrogen and oxygen atoms in total. The molecule has 0 heterocycles. The van der Waals surface area contributed by atoms with Crippen LogP contribution in [-0.2, 0) is 0 Å². The van der Waals surface area contributed by atoms with Crippen molar-refractivity contribution in [1.82, 2.24) is 10.6 Å². The third-order valence-corrected chi connectivity index (χ3v) is 4.94. The molecule has 96 valence electrons. The molecule has 3 N–H and O–H groups in total. The van der Waals surface area contributed by atoms with Crippen molar-refractivity contribution < 1.29 is 9.90 Å². The SMILES string of the molecule is O=C(O)NCCNC12CC3CC(CC(C3)C1)C2. The Bertz CT molecular complexity index is 281. The summed E-state index contributed by atoms with van der Waals surface area (Å²) < 4.78 is 0. The van der Waals surface area contributed by atoms with Gasteiger partial charge < -0.3 is 15.7 Å². The second-order valence-electron chi connectivity index (χ2n) is 6.36. The lowest BCUT2D eigenvalue weighted by atomic mass is 9.53. The zero-order valence-corrected chi connectivity index (χ0v) is 10.2. The minimum absolute atomic E-state index is 0.356. The Labute approximate surface area is 102 Å². The Morgan fingerprint density at radius 3 is 2.06 bits per heavy atom. The van der Waals surface area contributed by atoms with E-state index in [1.807, 2.05) is 0 Å². The highest BCUT2D eigenvalue weighted by Gasteiger charge is 2.50. The lowest BCUT2D eigenvalue weighted by Crippen LogP contribution is -2.59. The van der Waals surface area contributed by atoms with Gasteiger partial charge in [0.25, 0.3) is 0 Å². The van der Waals surface area contributed by atoms with Crippen molar-refractivity contribution in [2.75, 3.05) is 13.1 Å². The van der Waals surface area contributed by atoms with Crippen molar-refractivity contribution in [3.8, 4) is 0 Å². The summed E-state index contributed by atoms with van der Waals surface area (Å²) in [6.45, 7) is 1.30. The summed E-state index contributed by atoms with van der Waals surface area (Å²) in [4.78, 5) is 10.4. The normalized spacial score (nSPS) is 42.7. The monoisotopic (exact) mass is 238 g/mol. The molecule has 0 aromatic heterocycles. The first-order valence-corrected chi connectivity index (χ1v) is 6.87. The van der Waals surface area contributed by atoms with E-state index in [0.29, 0.717) is 12.1 Å². The molecule has 0 radical (unpaired) electrons. The van der Waals surface area contributed by atoms with Gasteiger partial charge in [-0.3, -0.25) is 0 Å². The van der Waals surface area contributed by atoms with E-state index in [2.05, 4.69) is 10.6 Å². The quantitative estimate of drug-likeness (QED) is 0.655. The summed E-state index contributed by atoms with van der Waals surface area (Å²) >= 11 is 0. The van der Waals surface area contributed by atoms with Crippen molar-refractivity contribution >= 4 is 6.09 Å². The minimum atomic E-state index is -0.919. The van der Waals surface area contributed by atoms with Crippen LogP contribution in [0.3, 0.4) is 0 Å². The van der Waals surface area contributed by atoms with Crippen molar-refractivity contribution in [1.29, 1.82) is 0 Å². The molecule has 4 aliphatic carbocycles. The van der Waals surface area contributed by atoms with E-state index in [1.165, 1.54) is 38.5 Å². The summed E-state index contributed by atoms with van der Waals surface area (Å²) in [5.41, 5.74) is 0.356. The largest absolute Gasteiger partial charge is 0.465 e. The van der Waals surface area contributed by atoms with Crippen LogP contribution in [0.25, 0.3) is 0 Å². The van der Waals surface area contributed by atoms with E-state index in [-0.39, 0.29) is 0 Å². The molecule has 0 aliphatic heterocycles. The van der Waals surface area contributed by atoms with E-state index in [0.717, 1.165) is 24.3 Å². The van der Waals surface area contributed by atoms with Gasteiger partial charge in [0, 0.05) is 18.6 Å². The second-order valence-corrected chi connectivity index (χ2v) is 6.36. The number of hydrogen-bond donors (Lipinski definition) is 3. The van der Waals surface area contributed by atoms with Crippen LogP contribution >= 0.6 is 0 Å². The molecule has 4 bridgehead atoms. The number of nitrogens with one attached hydrogen (secondary N) is 2. The third-order valence-electron chi connectivity index (χ3n) is 4.94. The molecule has 4 saturated carbocycles. The Morgan fingerprint density at radius 2 is 1.59 bits per heavy atom. The average molecular weight is 238 g/mol. The van der Waals surface area contributed by atoms with Gasteiger partial charge in [-0.15, -0.1) is 0 Å². The summed E-state index contributed by atoms with van der Waals surface area (Å²) in [7, 11) is 0. The predicted octanol–water partition coefficient (Wildman–Crippen LogP) is 1.81. The van der Waals surface area contributed by atoms with E-state index >= 15 is 0 Å². The van der Waals surface area contributed by atoms with Crippen LogP contribution in [0, 0.1) is 17.8 Å². The van der Waals surface area contributed by atoms with Gasteiger partial charge in [-0.2, -0.15) is 0 Å². The number of amides is 1. The molecule has 0 saturated heterocycles. The molecule has 4 fully saturated rings. The number of carboxylic acid groups (broad SMARTS) is 1. The maximum Gasteiger partial charge on any atom is 0.404 e. The summed E-state index contributed by atoms with van der Waals surface area (Å²) in [5, 5.41) is 14.6. The Balaban J connectivity index is 1.53. The zero-order valence-electron chi connectivity index (χ0n) is 10.2. The minimum Gasteiger partial charge on any atom is -0.465 e. The number of rotatable bonds is 4. The van der Waals surface area contributed by atoms with E-state index in [9.17, 15) is 4.79 Å². The number of hydrogen-bond acceptors (Lipinski definition) is 2. The molecule has 0 aromatic rings. The molecular formula is C13H22N2O2. The predicted molar refractivity (Wildman–Crippen MR) is 64.9 cm³/mol. The van der Waals surface area contributed by atoms with Gasteiger partial charge in [-0.1, -0.05) is 0 Å². The molecule has 0 spiro atoms. The molecule has 0 aromatic carbocycles. The molecule has 0 atom stereocenters. The van der Waals surface area contributed by atoms with Crippen LogP contribution in [0.15, 0.2) is 0 Å². The molecule has 4 aliphatic rings. The van der Waals surface area contributed by atoms with Gasteiger partial charge in [0.2, 0.25) is 0 Å². The first-order valence-electron chi connectivity index (χ1n) is 6.87. The van der Waals surface area contributed by atoms with Crippen LogP contribution in [0.1, 0.15) is 38.5 Å². The highest BCUT2D eigenvalue weighted by atomic mass is 16.4. The van der Waals surface area contributed by atoms with Crippen LogP contribution in [0.5, 0.6) is 0 Å². The molecule has 1 amide bonds. The smallest absolute Gasteiger partial charge is 0.404 e. The molecule has 17 heavy (non-hydrogen) atoms. The van der Waals surface area contributed by atoms with Gasteiger partial charge in [0.15, 0.2) is 0 Å². The maximum atomic E-state index is 10.4. The molecular weight excluding hydrogens is 216 g/mol. The molecule has 4 rings (SSSR count). The first-order chi connectivity index (χ1) is 8.15. The second kappa shape index (κ2) is 4.16. The number of carbonyl (C=O) groups is 1. The lowest BCUT2D eigenvalue weighted by molar-refractivity contribution is -0.0192. The van der Waals surface area contributed by atoms with Crippen molar-refractivity contribution in [2.24, 2.45) is 17.8 Å². The topological polar surface area (TPSA) is 61.4 Å². The van der Waals surface area contributed by atoms with Crippen molar-refractivity contribution in [3.63, 3.8) is 0 Å². The summed E-state index contributed by atoms with van der Waals surface area (Å²) in [6, 6.07) is 0. The van der Waals surface area contributed by atoms with Crippen LogP contribution in [-0.4, -0.2) is 29.8 Å². The fourth-order valence-electron chi connectivity index (χ4n) is 4.82. The Morgan fingerprint density at radius 1 is 1.06 bits per heavy atom. The maximum absolute atomic E-state index is 10.4. The summed E-state index contributed by atoms with van der Waals surface area (Å²) in [6.07, 6.45) is 7.42. The summed E-state index contributed by atoms with van der Waals surface area (Å²) in [5.74, 6) is 2.84. The van der Waals surface area contributed by atoms with Gasteiger partial charge in [-0.05, 0) is 56.3 Å². The molecule has 0 unspecified atom stereocenters. The Kier molecular flexibility index (Phi) is 2.77. The van der Waals surface area contributed by atoms with E-state index in [1.54, 1.807) is 0 Å². The highest BCUT2D eigenvalue weighted by molar-refractivity contribution is 5.64. The van der Waals surface area contributed by atoms with E-state index in [4.69, 9.17) is 5.11 Å². The van der Waals surface area contributed by atoms with Crippen molar-refractivity contribution in [2.45, 2.75) is 44.1 Å². The van der Waals surface area contributed by atoms with Crippen LogP contribution < -0.4 is 10.6 Å². The third kappa shape index (κ3) is 2.28. The lowest BCUT2D eigenvalue weighted by Gasteiger charge is -2.57. The fraction of sp³-hybridized carbons (Fsp3) is 0.923. The zero-order chi connectivity index (χ0) is 11.9. The van der Waals surface area contributed by atoms with Gasteiger partial charge >= 0.3 is 6.09 Å². The Hall–Kier alpha value is -0.770. The van der Waals surface area contributed by atoms with Gasteiger partial charge in [0.1, 0.15) is 0 Å². The van der Waals surface area contributed by atoms with Crippen molar-refractivity contribution in [3.05, 3.63) is 0 Å². The van der Waals surface area contributed by atoms with Gasteiger partial charge in [-0.25, -0.2) is 4.79 Å². The van der Waals surface area contributed by atoms with Gasteiger partial charge in [0.05, 0.1) is 0 Å². The fourth-order valence-corrected chi connectivity index (χ4v) is 4.82. The van der Waals surface area contributed by atoms with Crippen LogP contribution in [0.2, 0.25) is 0 Å². The standard InChI is InChI=1S/C13H22N2O2/c16-12(17)14-1-2-15-13-6-9-3-10(7-13)5-11(4-9)8-13/h9-11,14-15H,1-8H2,(H,16,17). The first kappa shape index (κ1) is 11.3. The molecule has 4 heteroatoms. The van der Waals surface area contributed by atoms with E-state index < -0.39 is 6.09 Å². The average Bonchev–Trinajstić information content (AvgIpc) is 2.22.